The van der Waals surface area contributed by atoms with E-state index in [0.29, 0.717) is 0 Å². The molecular weight excluding hydrogens is 180 g/mol. The Morgan fingerprint density at radius 2 is 2.10 bits per heavy atom. The summed E-state index contributed by atoms with van der Waals surface area (Å²) in [5.74, 6) is -0.592. The van der Waals surface area contributed by atoms with Gasteiger partial charge in [-0.25, -0.2) is 0 Å². The van der Waals surface area contributed by atoms with Crippen LogP contribution in [-0.2, 0) is 14.9 Å². The number of carbonyl (C=O) groups is 1. The molecule has 0 heterocycles. The lowest BCUT2D eigenvalue weighted by molar-refractivity contribution is -0.107. The van der Waals surface area contributed by atoms with E-state index in [1.54, 1.807) is 0 Å². The Bertz CT molecular complexity index is 240. The lowest BCUT2D eigenvalue weighted by Crippen LogP contribution is -2.00. The fourth-order valence-corrected chi connectivity index (χ4v) is 0.691. The van der Waals surface area contributed by atoms with Crippen molar-refractivity contribution in [3.8, 4) is 0 Å². The molecule has 6 heteroatoms. The van der Waals surface area contributed by atoms with E-state index in [2.05, 4.69) is 0 Å². The molecule has 58 valence electrons. The van der Waals surface area contributed by atoms with E-state index < -0.39 is 21.1 Å². The zero-order valence-electron chi connectivity index (χ0n) is 4.82. The highest BCUT2D eigenvalue weighted by atomic mass is 35.5. The van der Waals surface area contributed by atoms with Crippen LogP contribution in [0.2, 0.25) is 0 Å². The van der Waals surface area contributed by atoms with Crippen LogP contribution in [-0.4, -0.2) is 24.0 Å². The molecule has 0 atom stereocenters. The van der Waals surface area contributed by atoms with Gasteiger partial charge in [-0.15, -0.1) is 0 Å². The second-order valence-electron chi connectivity index (χ2n) is 1.46. The second kappa shape index (κ2) is 3.70. The maximum absolute atomic E-state index is 9.96. The molecule has 0 aromatic rings. The molecule has 0 aliphatic rings. The van der Waals surface area contributed by atoms with Crippen molar-refractivity contribution in [2.24, 2.45) is 0 Å². The number of allylic oxidation sites excluding steroid dienone is 1. The summed E-state index contributed by atoms with van der Waals surface area (Å²) in [6, 6.07) is 0. The summed E-state index contributed by atoms with van der Waals surface area (Å²) in [5.41, 5.74) is 0. The summed E-state index contributed by atoms with van der Waals surface area (Å²) in [4.78, 5) is 9.93. The first-order valence-electron chi connectivity index (χ1n) is 2.23. The molecule has 0 rings (SSSR count). The van der Waals surface area contributed by atoms with E-state index in [9.17, 15) is 13.2 Å². The van der Waals surface area contributed by atoms with Crippen LogP contribution < -0.4 is 0 Å². The molecule has 0 radical (unpaired) electrons. The van der Waals surface area contributed by atoms with Crippen molar-refractivity contribution in [3.05, 3.63) is 12.2 Å². The van der Waals surface area contributed by atoms with Crippen LogP contribution in [0.15, 0.2) is 12.2 Å². The highest BCUT2D eigenvalue weighted by molar-refractivity contribution is 7.85. The number of rotatable bonds is 3. The van der Waals surface area contributed by atoms with Gasteiger partial charge >= 0.3 is 0 Å². The van der Waals surface area contributed by atoms with Crippen LogP contribution in [0.25, 0.3) is 0 Å². The lowest BCUT2D eigenvalue weighted by atomic mass is 10.6. The molecule has 0 saturated carbocycles. The quantitative estimate of drug-likeness (QED) is 0.386. The van der Waals surface area contributed by atoms with E-state index >= 15 is 0 Å². The highest BCUT2D eigenvalue weighted by Gasteiger charge is 1.98. The van der Waals surface area contributed by atoms with E-state index in [1.165, 1.54) is 0 Å². The van der Waals surface area contributed by atoms with Gasteiger partial charge in [-0.3, -0.25) is 9.35 Å². The SMILES string of the molecule is O=C(Cl)C=CCS(=O)(=O)O. The van der Waals surface area contributed by atoms with Gasteiger partial charge in [0.05, 0.1) is 5.75 Å². The Labute approximate surface area is 63.2 Å². The first kappa shape index (κ1) is 9.61. The average molecular weight is 185 g/mol. The van der Waals surface area contributed by atoms with Crippen LogP contribution >= 0.6 is 11.6 Å². The molecular formula is C4H5ClO4S. The first-order chi connectivity index (χ1) is 4.42. The minimum atomic E-state index is -4.02. The molecule has 10 heavy (non-hydrogen) atoms. The summed E-state index contributed by atoms with van der Waals surface area (Å²) in [6.45, 7) is 0. The standard InChI is InChI=1S/C4H5ClO4S/c5-4(6)2-1-3-10(7,8)9/h1-2H,3H2,(H,7,8,9). The van der Waals surface area contributed by atoms with Crippen molar-refractivity contribution < 1.29 is 17.8 Å². The third kappa shape index (κ3) is 7.61. The number of carbonyl (C=O) groups excluding carboxylic acids is 1. The van der Waals surface area contributed by atoms with Gasteiger partial charge in [-0.1, -0.05) is 6.08 Å². The van der Waals surface area contributed by atoms with Crippen molar-refractivity contribution in [1.29, 1.82) is 0 Å². The molecule has 0 amide bonds. The average Bonchev–Trinajstić information content (AvgIpc) is 1.59. The maximum atomic E-state index is 9.96. The molecule has 4 nitrogen and oxygen atoms in total. The Balaban J connectivity index is 3.88. The molecule has 0 spiro atoms. The lowest BCUT2D eigenvalue weighted by Gasteiger charge is -1.84. The predicted molar refractivity (Wildman–Crippen MR) is 36.4 cm³/mol. The summed E-state index contributed by atoms with van der Waals surface area (Å²) < 4.78 is 28.0. The van der Waals surface area contributed by atoms with Gasteiger partial charge in [0.2, 0.25) is 5.24 Å². The maximum Gasteiger partial charge on any atom is 0.268 e. The van der Waals surface area contributed by atoms with Crippen LogP contribution in [0.5, 0.6) is 0 Å². The molecule has 0 saturated heterocycles. The van der Waals surface area contributed by atoms with E-state index in [0.717, 1.165) is 12.2 Å². The Hall–Kier alpha value is -0.390. The zero-order chi connectivity index (χ0) is 8.20. The van der Waals surface area contributed by atoms with Crippen LogP contribution in [0.4, 0.5) is 0 Å². The predicted octanol–water partition coefficient (Wildman–Crippen LogP) is 0.196. The van der Waals surface area contributed by atoms with Gasteiger partial charge < -0.3 is 0 Å². The summed E-state index contributed by atoms with van der Waals surface area (Å²) in [6.07, 6.45) is 1.82. The number of hydrogen-bond donors (Lipinski definition) is 1. The van der Waals surface area contributed by atoms with Gasteiger partial charge in [0.15, 0.2) is 0 Å². The Morgan fingerprint density at radius 3 is 2.40 bits per heavy atom. The fourth-order valence-electron chi connectivity index (χ4n) is 0.262. The largest absolute Gasteiger partial charge is 0.285 e. The van der Waals surface area contributed by atoms with Crippen molar-refractivity contribution in [3.63, 3.8) is 0 Å². The summed E-state index contributed by atoms with van der Waals surface area (Å²) in [5, 5.41) is -0.774. The van der Waals surface area contributed by atoms with Crippen molar-refractivity contribution >= 4 is 27.0 Å². The third-order valence-corrected chi connectivity index (χ3v) is 1.30. The Kier molecular flexibility index (Phi) is 3.55. The molecule has 0 aliphatic heterocycles. The summed E-state index contributed by atoms with van der Waals surface area (Å²) >= 11 is 4.80. The Morgan fingerprint density at radius 1 is 1.60 bits per heavy atom. The molecule has 0 aliphatic carbocycles. The molecule has 0 bridgehead atoms. The topological polar surface area (TPSA) is 71.4 Å². The van der Waals surface area contributed by atoms with Gasteiger partial charge in [0, 0.05) is 0 Å². The zero-order valence-corrected chi connectivity index (χ0v) is 6.39. The van der Waals surface area contributed by atoms with Gasteiger partial charge in [-0.05, 0) is 17.7 Å². The van der Waals surface area contributed by atoms with Gasteiger partial charge in [0.25, 0.3) is 10.1 Å². The minimum Gasteiger partial charge on any atom is -0.285 e. The monoisotopic (exact) mass is 184 g/mol. The van der Waals surface area contributed by atoms with Gasteiger partial charge in [-0.2, -0.15) is 8.42 Å². The van der Waals surface area contributed by atoms with Crippen molar-refractivity contribution in [1.82, 2.24) is 0 Å². The smallest absolute Gasteiger partial charge is 0.268 e. The van der Waals surface area contributed by atoms with E-state index in [1.807, 2.05) is 0 Å². The number of halogens is 1. The molecule has 0 fully saturated rings. The fraction of sp³-hybridized carbons (Fsp3) is 0.250. The summed E-state index contributed by atoms with van der Waals surface area (Å²) in [7, 11) is -4.02. The van der Waals surface area contributed by atoms with Crippen LogP contribution in [0.3, 0.4) is 0 Å². The molecule has 0 unspecified atom stereocenters. The third-order valence-electron chi connectivity index (χ3n) is 0.556. The molecule has 0 aromatic carbocycles. The van der Waals surface area contributed by atoms with Gasteiger partial charge in [0.1, 0.15) is 0 Å². The first-order valence-corrected chi connectivity index (χ1v) is 4.22. The minimum absolute atomic E-state index is 0.592. The molecule has 1 N–H and O–H groups in total. The van der Waals surface area contributed by atoms with Crippen LogP contribution in [0, 0.1) is 0 Å². The molecule has 0 aromatic heterocycles. The highest BCUT2D eigenvalue weighted by Crippen LogP contribution is 1.86. The second-order valence-corrected chi connectivity index (χ2v) is 3.32. The van der Waals surface area contributed by atoms with Crippen molar-refractivity contribution in [2.75, 3.05) is 5.75 Å². The van der Waals surface area contributed by atoms with Crippen LogP contribution in [0.1, 0.15) is 0 Å². The van der Waals surface area contributed by atoms with E-state index in [4.69, 9.17) is 16.2 Å². The van der Waals surface area contributed by atoms with Crippen molar-refractivity contribution in [2.45, 2.75) is 0 Å². The normalized spacial score (nSPS) is 12.2. The van der Waals surface area contributed by atoms with E-state index in [-0.39, 0.29) is 0 Å². The number of hydrogen-bond acceptors (Lipinski definition) is 3.